The van der Waals surface area contributed by atoms with Gasteiger partial charge >= 0.3 is 11.9 Å². The van der Waals surface area contributed by atoms with Crippen LogP contribution in [0.3, 0.4) is 0 Å². The Kier molecular flexibility index (Phi) is 9.83. The first-order chi connectivity index (χ1) is 19.3. The Labute approximate surface area is 242 Å². The van der Waals surface area contributed by atoms with E-state index in [1.165, 1.54) is 5.57 Å². The number of hydrogen-bond acceptors (Lipinski definition) is 10. The number of aliphatic hydroxyl groups excluding tert-OH is 4. The summed E-state index contributed by atoms with van der Waals surface area (Å²) in [6.45, 7) is 12.1. The molecular formula is C31H46O10. The molecular weight excluding hydrogens is 532 g/mol. The highest BCUT2D eigenvalue weighted by Gasteiger charge is 2.59. The first-order valence-electron chi connectivity index (χ1n) is 14.7. The molecule has 0 aromatic heterocycles. The molecule has 41 heavy (non-hydrogen) atoms. The van der Waals surface area contributed by atoms with Gasteiger partial charge < -0.3 is 39.4 Å². The van der Waals surface area contributed by atoms with E-state index in [2.05, 4.69) is 13.5 Å². The zero-order chi connectivity index (χ0) is 30.1. The Hall–Kier alpha value is -2.08. The van der Waals surface area contributed by atoms with Crippen LogP contribution in [0.4, 0.5) is 0 Å². The SMILES string of the molecule is C=C1CC[C@H]2[C@@](C)(CC[C@@H](OC(=O)/C(C)=C\C)[C@]2(C)CO[C@H]2O[C@@H](CO)[C@H](O)[C@@H](O)[C@@H]2O)[C@@H]1CCC1=CC(=O)OC1. The molecule has 0 aromatic carbocycles. The third kappa shape index (κ3) is 6.19. The molecule has 4 rings (SSSR count). The van der Waals surface area contributed by atoms with E-state index in [1.807, 2.05) is 6.92 Å². The number of ether oxygens (including phenoxy) is 4. The maximum Gasteiger partial charge on any atom is 0.333 e. The molecule has 2 aliphatic heterocycles. The second-order valence-electron chi connectivity index (χ2n) is 12.7. The number of esters is 2. The van der Waals surface area contributed by atoms with Gasteiger partial charge in [0.15, 0.2) is 6.29 Å². The lowest BCUT2D eigenvalue weighted by molar-refractivity contribution is -0.313. The lowest BCUT2D eigenvalue weighted by Gasteiger charge is -2.61. The van der Waals surface area contributed by atoms with Crippen molar-refractivity contribution in [2.45, 2.75) is 103 Å². The summed E-state index contributed by atoms with van der Waals surface area (Å²) in [6, 6.07) is 0. The maximum absolute atomic E-state index is 12.9. The zero-order valence-corrected chi connectivity index (χ0v) is 24.6. The minimum Gasteiger partial charge on any atom is -0.458 e. The highest BCUT2D eigenvalue weighted by atomic mass is 16.7. The van der Waals surface area contributed by atoms with Crippen LogP contribution in [0.1, 0.15) is 66.2 Å². The monoisotopic (exact) mass is 578 g/mol. The van der Waals surface area contributed by atoms with Crippen molar-refractivity contribution < 1.29 is 49.0 Å². The van der Waals surface area contributed by atoms with Crippen LogP contribution in [-0.2, 0) is 28.5 Å². The molecule has 0 aromatic rings. The minimum atomic E-state index is -1.55. The third-order valence-electron chi connectivity index (χ3n) is 10.2. The first-order valence-corrected chi connectivity index (χ1v) is 14.7. The first kappa shape index (κ1) is 31.8. The van der Waals surface area contributed by atoms with Crippen LogP contribution in [0.5, 0.6) is 0 Å². The Morgan fingerprint density at radius 3 is 2.56 bits per heavy atom. The minimum absolute atomic E-state index is 0.0447. The number of aliphatic hydroxyl groups is 4. The van der Waals surface area contributed by atoms with Crippen LogP contribution in [0.25, 0.3) is 0 Å². The van der Waals surface area contributed by atoms with Gasteiger partial charge in [-0.2, -0.15) is 0 Å². The van der Waals surface area contributed by atoms with Gasteiger partial charge in [-0.3, -0.25) is 0 Å². The van der Waals surface area contributed by atoms with Gasteiger partial charge in [-0.25, -0.2) is 9.59 Å². The number of allylic oxidation sites excluding steroid dienone is 2. The molecule has 230 valence electrons. The summed E-state index contributed by atoms with van der Waals surface area (Å²) >= 11 is 0. The molecule has 0 unspecified atom stereocenters. The lowest BCUT2D eigenvalue weighted by Crippen LogP contribution is -2.61. The second kappa shape index (κ2) is 12.7. The topological polar surface area (TPSA) is 152 Å². The standard InChI is InChI=1S/C31H46O10/c1-6-17(2)28(37)41-23-11-12-30(4)20(9-8-19-13-24(33)38-15-19)18(3)7-10-22(30)31(23,5)16-39-29-27(36)26(35)25(34)21(14-32)40-29/h6,13,20-23,25-27,29,32,34-36H,3,7-12,14-16H2,1-2,4-5H3/b17-6-/t20-,21+,22+,23-,25+,26-,27+,29+,30+,31-/m1/s1. The van der Waals surface area contributed by atoms with Crippen molar-refractivity contribution in [3.63, 3.8) is 0 Å². The number of carbonyl (C=O) groups excluding carboxylic acids is 2. The molecule has 4 N–H and O–H groups in total. The van der Waals surface area contributed by atoms with Gasteiger partial charge in [-0.05, 0) is 75.2 Å². The van der Waals surface area contributed by atoms with E-state index in [9.17, 15) is 30.0 Å². The Balaban J connectivity index is 1.61. The quantitative estimate of drug-likeness (QED) is 0.182. The Bertz CT molecular complexity index is 1070. The fourth-order valence-electron chi connectivity index (χ4n) is 7.59. The van der Waals surface area contributed by atoms with Gasteiger partial charge in [0.05, 0.1) is 13.2 Å². The van der Waals surface area contributed by atoms with Crippen molar-refractivity contribution in [2.75, 3.05) is 19.8 Å². The van der Waals surface area contributed by atoms with Crippen LogP contribution >= 0.6 is 0 Å². The van der Waals surface area contributed by atoms with E-state index >= 15 is 0 Å². The molecule has 3 fully saturated rings. The number of carbonyl (C=O) groups is 2. The van der Waals surface area contributed by atoms with Gasteiger partial charge in [0, 0.05) is 17.1 Å². The highest BCUT2D eigenvalue weighted by molar-refractivity contribution is 5.87. The molecule has 10 nitrogen and oxygen atoms in total. The maximum atomic E-state index is 12.9. The zero-order valence-electron chi connectivity index (χ0n) is 24.6. The smallest absolute Gasteiger partial charge is 0.333 e. The van der Waals surface area contributed by atoms with Crippen molar-refractivity contribution in [1.82, 2.24) is 0 Å². The average Bonchev–Trinajstić information content (AvgIpc) is 3.36. The number of rotatable bonds is 9. The van der Waals surface area contributed by atoms with E-state index in [0.29, 0.717) is 18.6 Å². The fraction of sp³-hybridized carbons (Fsp3) is 0.742. The molecule has 0 radical (unpaired) electrons. The summed E-state index contributed by atoms with van der Waals surface area (Å²) in [7, 11) is 0. The van der Waals surface area contributed by atoms with Gasteiger partial charge in [-0.15, -0.1) is 0 Å². The van der Waals surface area contributed by atoms with E-state index in [-0.39, 0.29) is 29.8 Å². The van der Waals surface area contributed by atoms with E-state index in [1.54, 1.807) is 26.0 Å². The van der Waals surface area contributed by atoms with E-state index < -0.39 is 54.8 Å². The molecule has 0 bridgehead atoms. The Morgan fingerprint density at radius 1 is 1.20 bits per heavy atom. The normalized spacial score (nSPS) is 41.5. The highest BCUT2D eigenvalue weighted by Crippen LogP contribution is 2.62. The average molecular weight is 579 g/mol. The molecule has 10 heteroatoms. The predicted octanol–water partition coefficient (Wildman–Crippen LogP) is 2.33. The molecule has 2 heterocycles. The third-order valence-corrected chi connectivity index (χ3v) is 10.2. The molecule has 0 spiro atoms. The van der Waals surface area contributed by atoms with Gasteiger partial charge in [0.25, 0.3) is 0 Å². The van der Waals surface area contributed by atoms with E-state index in [4.69, 9.17) is 18.9 Å². The summed E-state index contributed by atoms with van der Waals surface area (Å²) in [5.41, 5.74) is 1.76. The molecule has 10 atom stereocenters. The lowest BCUT2D eigenvalue weighted by atomic mass is 9.46. The number of fused-ring (bicyclic) bond motifs is 1. The van der Waals surface area contributed by atoms with Crippen LogP contribution in [-0.4, -0.2) is 89.0 Å². The summed E-state index contributed by atoms with van der Waals surface area (Å²) < 4.78 is 23.0. The van der Waals surface area contributed by atoms with Crippen molar-refractivity contribution in [2.24, 2.45) is 22.7 Å². The van der Waals surface area contributed by atoms with E-state index in [0.717, 1.165) is 37.7 Å². The van der Waals surface area contributed by atoms with Gasteiger partial charge in [0.2, 0.25) is 0 Å². The van der Waals surface area contributed by atoms with Crippen LogP contribution in [0.15, 0.2) is 35.5 Å². The molecule has 1 saturated heterocycles. The second-order valence-corrected chi connectivity index (χ2v) is 12.7. The van der Waals surface area contributed by atoms with Crippen molar-refractivity contribution in [3.05, 3.63) is 35.5 Å². The van der Waals surface area contributed by atoms with Gasteiger partial charge in [0.1, 0.15) is 37.1 Å². The van der Waals surface area contributed by atoms with Crippen LogP contribution < -0.4 is 0 Å². The summed E-state index contributed by atoms with van der Waals surface area (Å²) in [5, 5.41) is 40.7. The summed E-state index contributed by atoms with van der Waals surface area (Å²) in [4.78, 5) is 24.5. The summed E-state index contributed by atoms with van der Waals surface area (Å²) in [5.74, 6) is -0.486. The Morgan fingerprint density at radius 2 is 1.93 bits per heavy atom. The van der Waals surface area contributed by atoms with Crippen molar-refractivity contribution in [1.29, 1.82) is 0 Å². The van der Waals surface area contributed by atoms with Crippen molar-refractivity contribution in [3.8, 4) is 0 Å². The number of hydrogen-bond donors (Lipinski definition) is 4. The predicted molar refractivity (Wildman–Crippen MR) is 148 cm³/mol. The molecule has 2 aliphatic carbocycles. The molecule has 0 amide bonds. The van der Waals surface area contributed by atoms with Crippen LogP contribution in [0.2, 0.25) is 0 Å². The largest absolute Gasteiger partial charge is 0.458 e. The molecule has 2 saturated carbocycles. The number of cyclic esters (lactones) is 1. The van der Waals surface area contributed by atoms with Gasteiger partial charge in [-0.1, -0.05) is 32.1 Å². The molecule has 4 aliphatic rings. The fourth-order valence-corrected chi connectivity index (χ4v) is 7.59. The summed E-state index contributed by atoms with van der Waals surface area (Å²) in [6.07, 6.45) is 0.419. The van der Waals surface area contributed by atoms with Crippen molar-refractivity contribution >= 4 is 11.9 Å². The van der Waals surface area contributed by atoms with Crippen LogP contribution in [0, 0.1) is 22.7 Å².